The molecule has 1 aliphatic heterocycles. The number of aromatic nitrogens is 1. The first-order valence-electron chi connectivity index (χ1n) is 7.66. The summed E-state index contributed by atoms with van der Waals surface area (Å²) in [6.07, 6.45) is 1.87. The van der Waals surface area contributed by atoms with Crippen LogP contribution < -0.4 is 10.9 Å². The van der Waals surface area contributed by atoms with Gasteiger partial charge in [-0.2, -0.15) is 0 Å². The molecule has 0 spiro atoms. The van der Waals surface area contributed by atoms with Crippen LogP contribution in [0.25, 0.3) is 0 Å². The van der Waals surface area contributed by atoms with Crippen molar-refractivity contribution in [3.05, 3.63) is 34.2 Å². The molecule has 6 nitrogen and oxygen atoms in total. The van der Waals surface area contributed by atoms with Crippen molar-refractivity contribution in [2.75, 3.05) is 19.6 Å². The van der Waals surface area contributed by atoms with E-state index in [1.54, 1.807) is 6.07 Å². The molecule has 6 heteroatoms. The van der Waals surface area contributed by atoms with E-state index in [-0.39, 0.29) is 34.8 Å². The van der Waals surface area contributed by atoms with Crippen molar-refractivity contribution in [2.45, 2.75) is 45.4 Å². The molecule has 22 heavy (non-hydrogen) atoms. The summed E-state index contributed by atoms with van der Waals surface area (Å²) >= 11 is 0. The van der Waals surface area contributed by atoms with Gasteiger partial charge in [0.25, 0.3) is 11.5 Å². The lowest BCUT2D eigenvalue weighted by Crippen LogP contribution is -2.58. The molecule has 0 aliphatic carbocycles. The molecule has 0 bridgehead atoms. The molecule has 1 saturated heterocycles. The summed E-state index contributed by atoms with van der Waals surface area (Å²) in [4.78, 5) is 28.6. The topological polar surface area (TPSA) is 74.4 Å². The van der Waals surface area contributed by atoms with E-state index in [0.29, 0.717) is 6.54 Å². The number of morpholine rings is 1. The largest absolute Gasteiger partial charge is 0.373 e. The number of aromatic amines is 1. The molecule has 0 saturated carbocycles. The molecule has 1 aromatic heterocycles. The van der Waals surface area contributed by atoms with Gasteiger partial charge in [0.05, 0.1) is 12.2 Å². The van der Waals surface area contributed by atoms with Gasteiger partial charge < -0.3 is 15.0 Å². The van der Waals surface area contributed by atoms with Crippen molar-refractivity contribution in [2.24, 2.45) is 0 Å². The number of nitrogens with zero attached hydrogens (tertiary/aromatic N) is 1. The predicted molar refractivity (Wildman–Crippen MR) is 85.1 cm³/mol. The van der Waals surface area contributed by atoms with Gasteiger partial charge in [0, 0.05) is 31.4 Å². The highest BCUT2D eigenvalue weighted by Crippen LogP contribution is 2.20. The van der Waals surface area contributed by atoms with E-state index in [9.17, 15) is 9.59 Å². The molecule has 0 aromatic carbocycles. The highest BCUT2D eigenvalue weighted by atomic mass is 16.5. The van der Waals surface area contributed by atoms with Crippen LogP contribution in [0.15, 0.2) is 23.1 Å². The average Bonchev–Trinajstić information content (AvgIpc) is 2.44. The highest BCUT2D eigenvalue weighted by Gasteiger charge is 2.33. The van der Waals surface area contributed by atoms with Crippen LogP contribution >= 0.6 is 0 Å². The molecule has 122 valence electrons. The maximum Gasteiger partial charge on any atom is 0.260 e. The second kappa shape index (κ2) is 6.62. The first kappa shape index (κ1) is 16.7. The molecule has 1 fully saturated rings. The first-order valence-corrected chi connectivity index (χ1v) is 7.66. The summed E-state index contributed by atoms with van der Waals surface area (Å²) < 4.78 is 5.75. The first-order chi connectivity index (χ1) is 10.3. The monoisotopic (exact) mass is 307 g/mol. The Kier molecular flexibility index (Phi) is 5.03. The second-order valence-corrected chi connectivity index (χ2v) is 6.57. The summed E-state index contributed by atoms with van der Waals surface area (Å²) in [6.45, 7) is 10.4. The number of H-pyrrole nitrogens is 1. The molecule has 2 rings (SSSR count). The number of ether oxygens (including phenoxy) is 1. The zero-order valence-electron chi connectivity index (χ0n) is 13.7. The van der Waals surface area contributed by atoms with E-state index < -0.39 is 0 Å². The standard InChI is InChI=1S/C16H25N3O3/c1-11-8-19(9-12(2)22-11)16(3,4)10-18-15(21)13-6-5-7-17-14(13)20/h5-7,11-12H,8-10H2,1-4H3,(H,17,20)(H,18,21). The van der Waals surface area contributed by atoms with Gasteiger partial charge >= 0.3 is 0 Å². The fourth-order valence-electron chi connectivity index (χ4n) is 2.78. The van der Waals surface area contributed by atoms with Crippen LogP contribution in [0, 0.1) is 0 Å². The number of hydrogen-bond donors (Lipinski definition) is 2. The summed E-state index contributed by atoms with van der Waals surface area (Å²) in [5.74, 6) is -0.343. The zero-order chi connectivity index (χ0) is 16.3. The Hall–Kier alpha value is -1.66. The van der Waals surface area contributed by atoms with Crippen LogP contribution in [0.5, 0.6) is 0 Å². The van der Waals surface area contributed by atoms with Gasteiger partial charge in [-0.25, -0.2) is 0 Å². The summed E-state index contributed by atoms with van der Waals surface area (Å²) in [6, 6.07) is 3.17. The third kappa shape index (κ3) is 3.96. The summed E-state index contributed by atoms with van der Waals surface area (Å²) in [5.41, 5.74) is -0.433. The number of nitrogens with one attached hydrogen (secondary N) is 2. The minimum Gasteiger partial charge on any atom is -0.373 e. The number of carbonyl (C=O) groups is 1. The number of carbonyl (C=O) groups excluding carboxylic acids is 1. The molecular formula is C16H25N3O3. The Morgan fingerprint density at radius 2 is 2.05 bits per heavy atom. The molecule has 2 atom stereocenters. The average molecular weight is 307 g/mol. The predicted octanol–water partition coefficient (Wildman–Crippen LogP) is 0.993. The molecule has 2 N–H and O–H groups in total. The van der Waals surface area contributed by atoms with Crippen molar-refractivity contribution in [1.29, 1.82) is 0 Å². The minimum absolute atomic E-state index is 0.141. The van der Waals surface area contributed by atoms with E-state index in [2.05, 4.69) is 42.9 Å². The van der Waals surface area contributed by atoms with Crippen molar-refractivity contribution < 1.29 is 9.53 Å². The third-order valence-electron chi connectivity index (χ3n) is 4.02. The van der Waals surface area contributed by atoms with Gasteiger partial charge in [-0.05, 0) is 39.8 Å². The Balaban J connectivity index is 1.99. The van der Waals surface area contributed by atoms with E-state index >= 15 is 0 Å². The van der Waals surface area contributed by atoms with E-state index in [0.717, 1.165) is 13.1 Å². The number of rotatable bonds is 4. The minimum atomic E-state index is -0.369. The lowest BCUT2D eigenvalue weighted by Gasteiger charge is -2.45. The summed E-state index contributed by atoms with van der Waals surface area (Å²) in [7, 11) is 0. The molecule has 2 heterocycles. The molecule has 1 aromatic rings. The molecule has 0 radical (unpaired) electrons. The normalized spacial score (nSPS) is 23.3. The molecule has 1 aliphatic rings. The van der Waals surface area contributed by atoms with Gasteiger partial charge in [0.15, 0.2) is 0 Å². The van der Waals surface area contributed by atoms with Crippen LogP contribution in [0.4, 0.5) is 0 Å². The Morgan fingerprint density at radius 3 is 2.64 bits per heavy atom. The van der Waals surface area contributed by atoms with E-state index in [1.807, 2.05) is 0 Å². The number of amides is 1. The van der Waals surface area contributed by atoms with Gasteiger partial charge in [-0.1, -0.05) is 0 Å². The van der Waals surface area contributed by atoms with E-state index in [1.165, 1.54) is 12.3 Å². The Bertz CT molecular complexity index is 572. The number of hydrogen-bond acceptors (Lipinski definition) is 4. The van der Waals surface area contributed by atoms with Crippen LogP contribution in [0.3, 0.4) is 0 Å². The maximum absolute atomic E-state index is 12.1. The molecular weight excluding hydrogens is 282 g/mol. The molecule has 2 unspecified atom stereocenters. The molecule has 1 amide bonds. The Labute approximate surface area is 130 Å². The SMILES string of the molecule is CC1CN(C(C)(C)CNC(=O)c2ccc[nH]c2=O)CC(C)O1. The fraction of sp³-hybridized carbons (Fsp3) is 0.625. The lowest BCUT2D eigenvalue weighted by molar-refractivity contribution is -0.0948. The highest BCUT2D eigenvalue weighted by molar-refractivity contribution is 5.93. The quantitative estimate of drug-likeness (QED) is 0.870. The van der Waals surface area contributed by atoms with Crippen LogP contribution in [-0.2, 0) is 4.74 Å². The summed E-state index contributed by atoms with van der Waals surface area (Å²) in [5, 5.41) is 2.87. The van der Waals surface area contributed by atoms with E-state index in [4.69, 9.17) is 4.74 Å². The zero-order valence-corrected chi connectivity index (χ0v) is 13.7. The maximum atomic E-state index is 12.1. The van der Waals surface area contributed by atoms with Crippen LogP contribution in [0.2, 0.25) is 0 Å². The van der Waals surface area contributed by atoms with Crippen molar-refractivity contribution in [1.82, 2.24) is 15.2 Å². The number of pyridine rings is 1. The second-order valence-electron chi connectivity index (χ2n) is 6.57. The van der Waals surface area contributed by atoms with Crippen LogP contribution in [-0.4, -0.2) is 53.2 Å². The smallest absolute Gasteiger partial charge is 0.260 e. The van der Waals surface area contributed by atoms with Crippen molar-refractivity contribution >= 4 is 5.91 Å². The van der Waals surface area contributed by atoms with Crippen molar-refractivity contribution in [3.8, 4) is 0 Å². The van der Waals surface area contributed by atoms with Gasteiger partial charge in [0.1, 0.15) is 5.56 Å². The third-order valence-corrected chi connectivity index (χ3v) is 4.02. The van der Waals surface area contributed by atoms with Gasteiger partial charge in [-0.3, -0.25) is 14.5 Å². The van der Waals surface area contributed by atoms with Gasteiger partial charge in [0.2, 0.25) is 0 Å². The Morgan fingerprint density at radius 1 is 1.41 bits per heavy atom. The fourth-order valence-corrected chi connectivity index (χ4v) is 2.78. The van der Waals surface area contributed by atoms with Crippen molar-refractivity contribution in [3.63, 3.8) is 0 Å². The van der Waals surface area contributed by atoms with Gasteiger partial charge in [-0.15, -0.1) is 0 Å². The lowest BCUT2D eigenvalue weighted by atomic mass is 10.00. The van der Waals surface area contributed by atoms with Crippen LogP contribution in [0.1, 0.15) is 38.1 Å².